The molecule has 8 heteroatoms. The SMILES string of the molecule is Cc1ccccc1-n1cnnc1SCC(=O)Nc1ccccc1C(=O)NCCc1ccccc1. The van der Waals surface area contributed by atoms with Crippen LogP contribution in [0, 0.1) is 6.92 Å². The van der Waals surface area contributed by atoms with Crippen molar-refractivity contribution >= 4 is 29.3 Å². The Balaban J connectivity index is 1.35. The number of nitrogens with zero attached hydrogens (tertiary/aromatic N) is 3. The first-order valence-corrected chi connectivity index (χ1v) is 11.9. The standard InChI is InChI=1S/C26H25N5O2S/c1-19-9-5-8-14-23(19)31-18-28-30-26(31)34-17-24(32)29-22-13-7-6-12-21(22)25(33)27-16-15-20-10-3-2-4-11-20/h2-14,18H,15-17H2,1H3,(H,27,33)(H,29,32). The summed E-state index contributed by atoms with van der Waals surface area (Å²) < 4.78 is 1.86. The van der Waals surface area contributed by atoms with E-state index in [2.05, 4.69) is 20.8 Å². The van der Waals surface area contributed by atoms with Gasteiger partial charge in [-0.05, 0) is 42.7 Å². The van der Waals surface area contributed by atoms with Crippen LogP contribution in [0.5, 0.6) is 0 Å². The van der Waals surface area contributed by atoms with Crippen molar-refractivity contribution in [2.75, 3.05) is 17.6 Å². The molecule has 2 amide bonds. The molecule has 172 valence electrons. The summed E-state index contributed by atoms with van der Waals surface area (Å²) in [5, 5.41) is 14.6. The summed E-state index contributed by atoms with van der Waals surface area (Å²) in [6.45, 7) is 2.52. The lowest BCUT2D eigenvalue weighted by molar-refractivity contribution is -0.113. The van der Waals surface area contributed by atoms with Crippen LogP contribution in [-0.2, 0) is 11.2 Å². The summed E-state index contributed by atoms with van der Waals surface area (Å²) in [6, 6.07) is 24.9. The van der Waals surface area contributed by atoms with Crippen molar-refractivity contribution in [2.24, 2.45) is 0 Å². The zero-order valence-electron chi connectivity index (χ0n) is 18.8. The lowest BCUT2D eigenvalue weighted by atomic mass is 10.1. The Morgan fingerprint density at radius 3 is 2.50 bits per heavy atom. The Morgan fingerprint density at radius 2 is 1.68 bits per heavy atom. The lowest BCUT2D eigenvalue weighted by Crippen LogP contribution is -2.27. The fourth-order valence-electron chi connectivity index (χ4n) is 3.49. The maximum absolute atomic E-state index is 12.7. The first kappa shape index (κ1) is 23.3. The van der Waals surface area contributed by atoms with Gasteiger partial charge in [0.25, 0.3) is 5.91 Å². The molecule has 1 heterocycles. The van der Waals surface area contributed by atoms with Gasteiger partial charge in [-0.2, -0.15) is 0 Å². The smallest absolute Gasteiger partial charge is 0.253 e. The van der Waals surface area contributed by atoms with Gasteiger partial charge < -0.3 is 10.6 Å². The molecule has 0 bridgehead atoms. The van der Waals surface area contributed by atoms with Crippen LogP contribution in [0.25, 0.3) is 5.69 Å². The predicted octanol–water partition coefficient (Wildman–Crippen LogP) is 4.28. The lowest BCUT2D eigenvalue weighted by Gasteiger charge is -2.12. The second kappa shape index (κ2) is 11.3. The topological polar surface area (TPSA) is 88.9 Å². The molecule has 34 heavy (non-hydrogen) atoms. The van der Waals surface area contributed by atoms with Gasteiger partial charge in [-0.1, -0.05) is 72.4 Å². The minimum Gasteiger partial charge on any atom is -0.352 e. The summed E-state index contributed by atoms with van der Waals surface area (Å²) in [5.41, 5.74) is 4.11. The van der Waals surface area contributed by atoms with Crippen LogP contribution >= 0.6 is 11.8 Å². The number of amides is 2. The van der Waals surface area contributed by atoms with Crippen molar-refractivity contribution in [3.05, 3.63) is 102 Å². The van der Waals surface area contributed by atoms with E-state index in [9.17, 15) is 9.59 Å². The number of nitrogens with one attached hydrogen (secondary N) is 2. The molecule has 0 radical (unpaired) electrons. The fraction of sp³-hybridized carbons (Fsp3) is 0.154. The van der Waals surface area contributed by atoms with Gasteiger partial charge in [-0.3, -0.25) is 14.2 Å². The first-order chi connectivity index (χ1) is 16.6. The zero-order chi connectivity index (χ0) is 23.8. The van der Waals surface area contributed by atoms with Gasteiger partial charge in [0.15, 0.2) is 5.16 Å². The van der Waals surface area contributed by atoms with E-state index in [1.54, 1.807) is 30.6 Å². The van der Waals surface area contributed by atoms with Gasteiger partial charge in [-0.25, -0.2) is 0 Å². The third-order valence-corrected chi connectivity index (χ3v) is 6.15. The van der Waals surface area contributed by atoms with Crippen LogP contribution in [0.15, 0.2) is 90.3 Å². The van der Waals surface area contributed by atoms with Crippen molar-refractivity contribution in [3.63, 3.8) is 0 Å². The maximum Gasteiger partial charge on any atom is 0.253 e. The molecule has 0 aliphatic heterocycles. The molecule has 0 unspecified atom stereocenters. The molecular weight excluding hydrogens is 446 g/mol. The number of para-hydroxylation sites is 2. The molecule has 0 aliphatic rings. The quantitative estimate of drug-likeness (QED) is 0.356. The summed E-state index contributed by atoms with van der Waals surface area (Å²) in [4.78, 5) is 25.4. The molecule has 0 spiro atoms. The van der Waals surface area contributed by atoms with Crippen LogP contribution in [0.2, 0.25) is 0 Å². The number of thioether (sulfide) groups is 1. The molecule has 4 rings (SSSR count). The summed E-state index contributed by atoms with van der Waals surface area (Å²) in [6.07, 6.45) is 2.37. The highest BCUT2D eigenvalue weighted by Gasteiger charge is 2.15. The summed E-state index contributed by atoms with van der Waals surface area (Å²) in [5.74, 6) is -0.318. The summed E-state index contributed by atoms with van der Waals surface area (Å²) in [7, 11) is 0. The van der Waals surface area contributed by atoms with Gasteiger partial charge in [0.1, 0.15) is 6.33 Å². The van der Waals surface area contributed by atoms with E-state index in [1.807, 2.05) is 66.1 Å². The maximum atomic E-state index is 12.7. The monoisotopic (exact) mass is 471 g/mol. The normalized spacial score (nSPS) is 10.6. The second-order valence-electron chi connectivity index (χ2n) is 7.64. The zero-order valence-corrected chi connectivity index (χ0v) is 19.6. The van der Waals surface area contributed by atoms with Crippen molar-refractivity contribution in [1.82, 2.24) is 20.1 Å². The van der Waals surface area contributed by atoms with Gasteiger partial charge in [0.05, 0.1) is 22.7 Å². The molecule has 4 aromatic rings. The molecule has 0 aliphatic carbocycles. The van der Waals surface area contributed by atoms with Crippen LogP contribution < -0.4 is 10.6 Å². The number of anilines is 1. The Kier molecular flexibility index (Phi) is 7.72. The third kappa shape index (κ3) is 5.90. The fourth-order valence-corrected chi connectivity index (χ4v) is 4.21. The van der Waals surface area contributed by atoms with Gasteiger partial charge in [0.2, 0.25) is 5.91 Å². The molecule has 1 aromatic heterocycles. The highest BCUT2D eigenvalue weighted by molar-refractivity contribution is 7.99. The largest absolute Gasteiger partial charge is 0.352 e. The van der Waals surface area contributed by atoms with Crippen molar-refractivity contribution in [2.45, 2.75) is 18.5 Å². The van der Waals surface area contributed by atoms with Gasteiger partial charge in [-0.15, -0.1) is 10.2 Å². The van der Waals surface area contributed by atoms with E-state index < -0.39 is 0 Å². The second-order valence-corrected chi connectivity index (χ2v) is 8.59. The number of aryl methyl sites for hydroxylation is 1. The minimum absolute atomic E-state index is 0.133. The van der Waals surface area contributed by atoms with E-state index >= 15 is 0 Å². The number of hydrogen-bond donors (Lipinski definition) is 2. The molecule has 0 atom stereocenters. The average Bonchev–Trinajstić information content (AvgIpc) is 3.32. The van der Waals surface area contributed by atoms with E-state index in [0.717, 1.165) is 23.2 Å². The number of hydrogen-bond acceptors (Lipinski definition) is 5. The van der Waals surface area contributed by atoms with Crippen molar-refractivity contribution < 1.29 is 9.59 Å². The molecule has 0 fully saturated rings. The predicted molar refractivity (Wildman–Crippen MR) is 134 cm³/mol. The van der Waals surface area contributed by atoms with E-state index in [1.165, 1.54) is 11.8 Å². The number of rotatable bonds is 9. The van der Waals surface area contributed by atoms with Crippen LogP contribution in [0.3, 0.4) is 0 Å². The molecule has 0 saturated heterocycles. The van der Waals surface area contributed by atoms with Crippen LogP contribution in [-0.4, -0.2) is 38.9 Å². The molecule has 2 N–H and O–H groups in total. The number of benzene rings is 3. The number of aromatic nitrogens is 3. The third-order valence-electron chi connectivity index (χ3n) is 5.21. The highest BCUT2D eigenvalue weighted by Crippen LogP contribution is 2.22. The van der Waals surface area contributed by atoms with Crippen molar-refractivity contribution in [1.29, 1.82) is 0 Å². The summed E-state index contributed by atoms with van der Waals surface area (Å²) >= 11 is 1.29. The Hall–Kier alpha value is -3.91. The molecular formula is C26H25N5O2S. The minimum atomic E-state index is -0.228. The molecule has 0 saturated carbocycles. The Labute approximate surface area is 202 Å². The molecule has 3 aromatic carbocycles. The number of carbonyl (C=O) groups is 2. The van der Waals surface area contributed by atoms with Crippen molar-refractivity contribution in [3.8, 4) is 5.69 Å². The molecule has 7 nitrogen and oxygen atoms in total. The first-order valence-electron chi connectivity index (χ1n) is 10.9. The average molecular weight is 472 g/mol. The van der Waals surface area contributed by atoms with E-state index in [0.29, 0.717) is 23.0 Å². The van der Waals surface area contributed by atoms with E-state index in [4.69, 9.17) is 0 Å². The van der Waals surface area contributed by atoms with Crippen LogP contribution in [0.1, 0.15) is 21.5 Å². The Bertz CT molecular complexity index is 1270. The van der Waals surface area contributed by atoms with Gasteiger partial charge in [0, 0.05) is 6.54 Å². The highest BCUT2D eigenvalue weighted by atomic mass is 32.2. The van der Waals surface area contributed by atoms with E-state index in [-0.39, 0.29) is 17.6 Å². The van der Waals surface area contributed by atoms with Crippen LogP contribution in [0.4, 0.5) is 5.69 Å². The van der Waals surface area contributed by atoms with Gasteiger partial charge >= 0.3 is 0 Å². The number of carbonyl (C=O) groups excluding carboxylic acids is 2. The Morgan fingerprint density at radius 1 is 0.941 bits per heavy atom.